The number of nitrogens with one attached hydrogen (secondary N) is 1. The van der Waals surface area contributed by atoms with E-state index >= 15 is 0 Å². The Bertz CT molecular complexity index is 540. The van der Waals surface area contributed by atoms with Crippen LogP contribution >= 0.6 is 0 Å². The van der Waals surface area contributed by atoms with Crippen molar-refractivity contribution < 1.29 is 0 Å². The van der Waals surface area contributed by atoms with Gasteiger partial charge in [-0.1, -0.05) is 0 Å². The molecule has 0 spiro atoms. The van der Waals surface area contributed by atoms with E-state index in [1.54, 1.807) is 18.6 Å². The molecule has 2 heterocycles. The quantitative estimate of drug-likeness (QED) is 0.856. The second-order valence-corrected chi connectivity index (χ2v) is 4.08. The summed E-state index contributed by atoms with van der Waals surface area (Å²) in [6.45, 7) is 8.58. The van der Waals surface area contributed by atoms with Gasteiger partial charge in [0.25, 0.3) is 0 Å². The molecule has 2 aromatic heterocycles. The van der Waals surface area contributed by atoms with Crippen LogP contribution < -0.4 is 10.2 Å². The maximum absolute atomic E-state index is 4.49. The summed E-state index contributed by atoms with van der Waals surface area (Å²) in [7, 11) is 0. The van der Waals surface area contributed by atoms with Gasteiger partial charge in [0.2, 0.25) is 11.9 Å². The first-order valence-electron chi connectivity index (χ1n) is 6.79. The third-order valence-corrected chi connectivity index (χ3v) is 2.80. The first-order chi connectivity index (χ1) is 9.78. The van der Waals surface area contributed by atoms with Gasteiger partial charge in [-0.05, 0) is 20.8 Å². The predicted molar refractivity (Wildman–Crippen MR) is 78.6 cm³/mol. The van der Waals surface area contributed by atoms with Crippen LogP contribution in [-0.4, -0.2) is 44.6 Å². The molecule has 0 atom stereocenters. The molecule has 0 amide bonds. The summed E-state index contributed by atoms with van der Waals surface area (Å²) in [5.41, 5.74) is 0.641. The van der Waals surface area contributed by atoms with E-state index in [9.17, 15) is 0 Å². The number of anilines is 2. The fraction of sp³-hybridized carbons (Fsp3) is 0.462. The van der Waals surface area contributed by atoms with Crippen molar-refractivity contribution in [2.75, 3.05) is 29.9 Å². The molecule has 2 rings (SSSR count). The normalized spacial score (nSPS) is 10.3. The number of hydrogen-bond acceptors (Lipinski definition) is 7. The standard InChI is InChI=1S/C13H19N7/c1-4-15-12-17-11(10-9-14-7-8-16-10)18-13(19-12)20(5-2)6-3/h7-9H,4-6H2,1-3H3,(H,15,17,18,19). The molecular weight excluding hydrogens is 254 g/mol. The molecule has 0 radical (unpaired) electrons. The summed E-state index contributed by atoms with van der Waals surface area (Å²) in [5.74, 6) is 1.75. The summed E-state index contributed by atoms with van der Waals surface area (Å²) in [6, 6.07) is 0. The van der Waals surface area contributed by atoms with Crippen LogP contribution in [0.5, 0.6) is 0 Å². The van der Waals surface area contributed by atoms with Gasteiger partial charge in [-0.15, -0.1) is 0 Å². The average molecular weight is 273 g/mol. The number of rotatable bonds is 6. The third-order valence-electron chi connectivity index (χ3n) is 2.80. The average Bonchev–Trinajstić information content (AvgIpc) is 2.50. The van der Waals surface area contributed by atoms with E-state index in [0.29, 0.717) is 23.4 Å². The van der Waals surface area contributed by atoms with Crippen molar-refractivity contribution in [3.8, 4) is 11.5 Å². The van der Waals surface area contributed by atoms with Crippen molar-refractivity contribution in [2.24, 2.45) is 0 Å². The minimum absolute atomic E-state index is 0.533. The first kappa shape index (κ1) is 14.1. The highest BCUT2D eigenvalue weighted by molar-refractivity contribution is 5.52. The molecule has 7 heteroatoms. The highest BCUT2D eigenvalue weighted by Crippen LogP contribution is 2.17. The molecule has 0 saturated heterocycles. The molecule has 7 nitrogen and oxygen atoms in total. The van der Waals surface area contributed by atoms with Gasteiger partial charge in [0.1, 0.15) is 5.69 Å². The van der Waals surface area contributed by atoms with Crippen molar-refractivity contribution >= 4 is 11.9 Å². The Morgan fingerprint density at radius 3 is 2.45 bits per heavy atom. The Hall–Kier alpha value is -2.31. The molecule has 0 saturated carbocycles. The van der Waals surface area contributed by atoms with Gasteiger partial charge in [0.05, 0.1) is 6.20 Å². The summed E-state index contributed by atoms with van der Waals surface area (Å²) in [6.07, 6.45) is 4.90. The van der Waals surface area contributed by atoms with Crippen LogP contribution in [0.2, 0.25) is 0 Å². The van der Waals surface area contributed by atoms with Gasteiger partial charge in [0, 0.05) is 32.0 Å². The van der Waals surface area contributed by atoms with Gasteiger partial charge in [-0.2, -0.15) is 15.0 Å². The van der Waals surface area contributed by atoms with Crippen LogP contribution in [0.15, 0.2) is 18.6 Å². The van der Waals surface area contributed by atoms with Crippen molar-refractivity contribution in [2.45, 2.75) is 20.8 Å². The molecule has 0 aliphatic heterocycles. The molecule has 0 aliphatic rings. The maximum atomic E-state index is 4.49. The second kappa shape index (κ2) is 6.74. The lowest BCUT2D eigenvalue weighted by atomic mass is 10.4. The molecule has 0 bridgehead atoms. The zero-order valence-corrected chi connectivity index (χ0v) is 12.0. The summed E-state index contributed by atoms with van der Waals surface area (Å²) < 4.78 is 0. The van der Waals surface area contributed by atoms with Crippen LogP contribution in [0, 0.1) is 0 Å². The van der Waals surface area contributed by atoms with E-state index in [-0.39, 0.29) is 0 Å². The van der Waals surface area contributed by atoms with E-state index in [0.717, 1.165) is 19.6 Å². The minimum atomic E-state index is 0.533. The van der Waals surface area contributed by atoms with Gasteiger partial charge < -0.3 is 10.2 Å². The summed E-state index contributed by atoms with van der Waals surface area (Å²) >= 11 is 0. The van der Waals surface area contributed by atoms with E-state index in [2.05, 4.69) is 49.0 Å². The largest absolute Gasteiger partial charge is 0.354 e. The molecule has 0 aliphatic carbocycles. The Morgan fingerprint density at radius 2 is 1.85 bits per heavy atom. The monoisotopic (exact) mass is 273 g/mol. The van der Waals surface area contributed by atoms with Crippen LogP contribution in [0.25, 0.3) is 11.5 Å². The lowest BCUT2D eigenvalue weighted by Gasteiger charge is -2.19. The van der Waals surface area contributed by atoms with Gasteiger partial charge in [0.15, 0.2) is 5.82 Å². The van der Waals surface area contributed by atoms with E-state index in [4.69, 9.17) is 0 Å². The smallest absolute Gasteiger partial charge is 0.230 e. The number of aromatic nitrogens is 5. The van der Waals surface area contributed by atoms with Gasteiger partial charge in [-0.25, -0.2) is 4.98 Å². The van der Waals surface area contributed by atoms with Crippen LogP contribution in [0.3, 0.4) is 0 Å². The molecule has 106 valence electrons. The summed E-state index contributed by atoms with van der Waals surface area (Å²) in [5, 5.41) is 3.12. The maximum Gasteiger partial charge on any atom is 0.230 e. The lowest BCUT2D eigenvalue weighted by Crippen LogP contribution is -2.25. The number of nitrogens with zero attached hydrogens (tertiary/aromatic N) is 6. The van der Waals surface area contributed by atoms with Crippen molar-refractivity contribution in [3.05, 3.63) is 18.6 Å². The lowest BCUT2D eigenvalue weighted by molar-refractivity contribution is 0.813. The molecular formula is C13H19N7. The highest BCUT2D eigenvalue weighted by atomic mass is 15.3. The molecule has 0 unspecified atom stereocenters. The van der Waals surface area contributed by atoms with E-state index < -0.39 is 0 Å². The fourth-order valence-corrected chi connectivity index (χ4v) is 1.78. The zero-order valence-electron chi connectivity index (χ0n) is 12.0. The van der Waals surface area contributed by atoms with Crippen molar-refractivity contribution in [3.63, 3.8) is 0 Å². The fourth-order valence-electron chi connectivity index (χ4n) is 1.78. The topological polar surface area (TPSA) is 79.7 Å². The predicted octanol–water partition coefficient (Wildman–Crippen LogP) is 1.61. The Labute approximate surface area is 118 Å². The van der Waals surface area contributed by atoms with Crippen LogP contribution in [-0.2, 0) is 0 Å². The Kier molecular flexibility index (Phi) is 4.75. The molecule has 0 aromatic carbocycles. The summed E-state index contributed by atoms with van der Waals surface area (Å²) in [4.78, 5) is 23.7. The Balaban J connectivity index is 2.46. The zero-order chi connectivity index (χ0) is 14.4. The van der Waals surface area contributed by atoms with Crippen molar-refractivity contribution in [1.82, 2.24) is 24.9 Å². The van der Waals surface area contributed by atoms with Crippen LogP contribution in [0.1, 0.15) is 20.8 Å². The van der Waals surface area contributed by atoms with E-state index in [1.807, 2.05) is 6.92 Å². The van der Waals surface area contributed by atoms with Crippen LogP contribution in [0.4, 0.5) is 11.9 Å². The first-order valence-corrected chi connectivity index (χ1v) is 6.79. The molecule has 20 heavy (non-hydrogen) atoms. The third kappa shape index (κ3) is 3.17. The Morgan fingerprint density at radius 1 is 1.05 bits per heavy atom. The number of hydrogen-bond donors (Lipinski definition) is 1. The molecule has 2 aromatic rings. The SMILES string of the molecule is CCNc1nc(-c2cnccn2)nc(N(CC)CC)n1. The highest BCUT2D eigenvalue weighted by Gasteiger charge is 2.12. The molecule has 0 fully saturated rings. The minimum Gasteiger partial charge on any atom is -0.354 e. The van der Waals surface area contributed by atoms with Crippen molar-refractivity contribution in [1.29, 1.82) is 0 Å². The van der Waals surface area contributed by atoms with Gasteiger partial charge >= 0.3 is 0 Å². The van der Waals surface area contributed by atoms with E-state index in [1.165, 1.54) is 0 Å². The second-order valence-electron chi connectivity index (χ2n) is 4.08. The van der Waals surface area contributed by atoms with Gasteiger partial charge in [-0.3, -0.25) is 4.98 Å². The molecule has 1 N–H and O–H groups in total.